The normalized spacial score (nSPS) is 11.4. The van der Waals surface area contributed by atoms with Gasteiger partial charge in [-0.05, 0) is 32.3 Å². The van der Waals surface area contributed by atoms with Crippen molar-refractivity contribution in [2.45, 2.75) is 32.8 Å². The number of aryl methyl sites for hydroxylation is 1. The molecule has 0 aliphatic carbocycles. The Balaban J connectivity index is 2.58. The van der Waals surface area contributed by atoms with Crippen molar-refractivity contribution >= 4 is 22.5 Å². The number of nitrogens with zero attached hydrogens (tertiary/aromatic N) is 1. The first-order valence-corrected chi connectivity index (χ1v) is 6.55. The Morgan fingerprint density at radius 1 is 1.50 bits per heavy atom. The largest absolute Gasteiger partial charge is 0.462 e. The number of methoxy groups -OCH3 is 1. The third-order valence-corrected chi connectivity index (χ3v) is 3.74. The van der Waals surface area contributed by atoms with Crippen molar-refractivity contribution in [3.05, 3.63) is 11.3 Å². The molecule has 0 spiro atoms. The fourth-order valence-corrected chi connectivity index (χ4v) is 2.08. The maximum absolute atomic E-state index is 11.9. The Kier molecular flexibility index (Phi) is 5.10. The van der Waals surface area contributed by atoms with Crippen LogP contribution in [0.2, 0.25) is 0 Å². The van der Waals surface area contributed by atoms with Crippen LogP contribution in [0.15, 0.2) is 0 Å². The van der Waals surface area contributed by atoms with Crippen LogP contribution in [-0.2, 0) is 9.47 Å². The minimum absolute atomic E-state index is 0.284. The molecule has 102 valence electrons. The number of rotatable bonds is 6. The Labute approximate surface area is 112 Å². The molecule has 1 N–H and O–H groups in total. The summed E-state index contributed by atoms with van der Waals surface area (Å²) in [5.41, 5.74) is 0.937. The van der Waals surface area contributed by atoms with Gasteiger partial charge in [0.2, 0.25) is 0 Å². The van der Waals surface area contributed by atoms with E-state index in [2.05, 4.69) is 9.69 Å². The van der Waals surface area contributed by atoms with Crippen molar-refractivity contribution in [2.75, 3.05) is 26.1 Å². The van der Waals surface area contributed by atoms with Gasteiger partial charge in [-0.3, -0.25) is 0 Å². The van der Waals surface area contributed by atoms with Gasteiger partial charge in [-0.1, -0.05) is 0 Å². The van der Waals surface area contributed by atoms with Crippen molar-refractivity contribution in [3.8, 4) is 0 Å². The van der Waals surface area contributed by atoms with Gasteiger partial charge in [0, 0.05) is 20.6 Å². The first-order valence-electron chi connectivity index (χ1n) is 5.77. The van der Waals surface area contributed by atoms with Crippen molar-refractivity contribution in [1.29, 1.82) is 0 Å². The Morgan fingerprint density at radius 2 is 2.17 bits per heavy atom. The van der Waals surface area contributed by atoms with E-state index in [1.54, 1.807) is 21.1 Å². The second-order valence-electron chi connectivity index (χ2n) is 4.57. The van der Waals surface area contributed by atoms with Gasteiger partial charge in [-0.2, -0.15) is 4.37 Å². The fraction of sp³-hybridized carbons (Fsp3) is 0.667. The van der Waals surface area contributed by atoms with Gasteiger partial charge in [-0.15, -0.1) is 0 Å². The van der Waals surface area contributed by atoms with E-state index >= 15 is 0 Å². The predicted octanol–water partition coefficient (Wildman–Crippen LogP) is 2.47. The number of hydrogen-bond donors (Lipinski definition) is 1. The van der Waals surface area contributed by atoms with Crippen molar-refractivity contribution < 1.29 is 14.3 Å². The molecule has 0 radical (unpaired) electrons. The molecule has 0 bridgehead atoms. The van der Waals surface area contributed by atoms with E-state index in [1.807, 2.05) is 13.8 Å². The molecule has 0 saturated carbocycles. The number of nitrogens with one attached hydrogen (secondary N) is 1. The summed E-state index contributed by atoms with van der Waals surface area (Å²) in [6.07, 6.45) is 0.654. The highest BCUT2D eigenvalue weighted by molar-refractivity contribution is 7.10. The van der Waals surface area contributed by atoms with E-state index in [9.17, 15) is 4.79 Å². The molecule has 0 unspecified atom stereocenters. The monoisotopic (exact) mass is 272 g/mol. The van der Waals surface area contributed by atoms with Gasteiger partial charge in [0.05, 0.1) is 17.9 Å². The second-order valence-corrected chi connectivity index (χ2v) is 5.35. The molecule has 1 heterocycles. The van der Waals surface area contributed by atoms with Gasteiger partial charge in [0.1, 0.15) is 10.6 Å². The summed E-state index contributed by atoms with van der Waals surface area (Å²) < 4.78 is 14.7. The zero-order valence-electron chi connectivity index (χ0n) is 11.5. The summed E-state index contributed by atoms with van der Waals surface area (Å²) in [6, 6.07) is 0. The van der Waals surface area contributed by atoms with E-state index in [1.165, 1.54) is 11.5 Å². The zero-order chi connectivity index (χ0) is 13.8. The number of anilines is 1. The molecule has 5 nitrogen and oxygen atoms in total. The summed E-state index contributed by atoms with van der Waals surface area (Å²) in [5.74, 6) is -0.336. The zero-order valence-corrected chi connectivity index (χ0v) is 12.3. The predicted molar refractivity (Wildman–Crippen MR) is 72.4 cm³/mol. The van der Waals surface area contributed by atoms with E-state index in [0.717, 1.165) is 5.00 Å². The SMILES string of the molecule is CNc1snc(C)c1C(=O)OCCC(C)(C)OC. The molecular weight excluding hydrogens is 252 g/mol. The van der Waals surface area contributed by atoms with Crippen LogP contribution in [0, 0.1) is 6.92 Å². The van der Waals surface area contributed by atoms with Crippen molar-refractivity contribution in [2.24, 2.45) is 0 Å². The highest BCUT2D eigenvalue weighted by Gasteiger charge is 2.21. The van der Waals surface area contributed by atoms with Crippen LogP contribution in [-0.4, -0.2) is 36.7 Å². The lowest BCUT2D eigenvalue weighted by atomic mass is 10.1. The minimum Gasteiger partial charge on any atom is -0.462 e. The summed E-state index contributed by atoms with van der Waals surface area (Å²) in [4.78, 5) is 11.9. The Hall–Kier alpha value is -1.14. The first kappa shape index (κ1) is 14.9. The first-order chi connectivity index (χ1) is 8.41. The van der Waals surface area contributed by atoms with Crippen molar-refractivity contribution in [1.82, 2.24) is 4.37 Å². The highest BCUT2D eigenvalue weighted by Crippen LogP contribution is 2.25. The Morgan fingerprint density at radius 3 is 2.72 bits per heavy atom. The second kappa shape index (κ2) is 6.15. The van der Waals surface area contributed by atoms with Crippen LogP contribution in [0.25, 0.3) is 0 Å². The molecule has 0 fully saturated rings. The molecule has 6 heteroatoms. The van der Waals surface area contributed by atoms with Crippen LogP contribution >= 0.6 is 11.5 Å². The molecule has 0 atom stereocenters. The quantitative estimate of drug-likeness (QED) is 0.806. The van der Waals surface area contributed by atoms with Crippen LogP contribution in [0.5, 0.6) is 0 Å². The molecule has 0 aromatic carbocycles. The fourth-order valence-electron chi connectivity index (χ4n) is 1.34. The van der Waals surface area contributed by atoms with Crippen molar-refractivity contribution in [3.63, 3.8) is 0 Å². The third-order valence-electron chi connectivity index (χ3n) is 2.78. The number of aromatic nitrogens is 1. The molecule has 1 aromatic rings. The lowest BCUT2D eigenvalue weighted by Crippen LogP contribution is -2.25. The smallest absolute Gasteiger partial charge is 0.343 e. The van der Waals surface area contributed by atoms with Gasteiger partial charge in [0.25, 0.3) is 0 Å². The van der Waals surface area contributed by atoms with Gasteiger partial charge < -0.3 is 14.8 Å². The molecule has 0 aliphatic heterocycles. The molecule has 18 heavy (non-hydrogen) atoms. The van der Waals surface area contributed by atoms with E-state index in [0.29, 0.717) is 24.3 Å². The third kappa shape index (κ3) is 3.68. The van der Waals surface area contributed by atoms with Gasteiger partial charge >= 0.3 is 5.97 Å². The summed E-state index contributed by atoms with van der Waals surface area (Å²) in [6.45, 7) is 6.04. The average molecular weight is 272 g/mol. The summed E-state index contributed by atoms with van der Waals surface area (Å²) in [5, 5.41) is 3.68. The molecule has 0 saturated heterocycles. The Bertz CT molecular complexity index is 415. The molecular formula is C12H20N2O3S. The molecule has 0 amide bonds. The van der Waals surface area contributed by atoms with Crippen LogP contribution in [0.3, 0.4) is 0 Å². The lowest BCUT2D eigenvalue weighted by Gasteiger charge is -2.22. The van der Waals surface area contributed by atoms with E-state index in [-0.39, 0.29) is 11.6 Å². The van der Waals surface area contributed by atoms with E-state index < -0.39 is 0 Å². The highest BCUT2D eigenvalue weighted by atomic mass is 32.1. The molecule has 0 aliphatic rings. The maximum Gasteiger partial charge on any atom is 0.343 e. The number of carbonyl (C=O) groups is 1. The van der Waals surface area contributed by atoms with Crippen LogP contribution in [0.4, 0.5) is 5.00 Å². The standard InChI is InChI=1S/C12H20N2O3S/c1-8-9(10(13-4)18-14-8)11(15)17-7-6-12(2,3)16-5/h13H,6-7H2,1-5H3. The topological polar surface area (TPSA) is 60.5 Å². The summed E-state index contributed by atoms with van der Waals surface area (Å²) in [7, 11) is 3.41. The number of carbonyl (C=O) groups excluding carboxylic acids is 1. The number of esters is 1. The number of ether oxygens (including phenoxy) is 2. The van der Waals surface area contributed by atoms with Gasteiger partial charge in [0.15, 0.2) is 0 Å². The van der Waals surface area contributed by atoms with Crippen LogP contribution in [0.1, 0.15) is 36.3 Å². The van der Waals surface area contributed by atoms with E-state index in [4.69, 9.17) is 9.47 Å². The van der Waals surface area contributed by atoms with Gasteiger partial charge in [-0.25, -0.2) is 4.79 Å². The summed E-state index contributed by atoms with van der Waals surface area (Å²) >= 11 is 1.26. The molecule has 1 aromatic heterocycles. The average Bonchev–Trinajstić information content (AvgIpc) is 2.70. The van der Waals surface area contributed by atoms with Crippen LogP contribution < -0.4 is 5.32 Å². The number of hydrogen-bond acceptors (Lipinski definition) is 6. The lowest BCUT2D eigenvalue weighted by molar-refractivity contribution is -0.00561. The molecule has 1 rings (SSSR count). The maximum atomic E-state index is 11.9. The minimum atomic E-state index is -0.336.